The minimum absolute atomic E-state index is 0.0595. The van der Waals surface area contributed by atoms with E-state index >= 15 is 0 Å². The lowest BCUT2D eigenvalue weighted by Gasteiger charge is -2.21. The maximum absolute atomic E-state index is 9.23. The van der Waals surface area contributed by atoms with Gasteiger partial charge in [0.05, 0.1) is 6.07 Å². The van der Waals surface area contributed by atoms with Crippen molar-refractivity contribution in [3.63, 3.8) is 0 Å². The molecule has 2 heteroatoms. The first kappa shape index (κ1) is 11.2. The van der Waals surface area contributed by atoms with E-state index in [2.05, 4.69) is 42.2 Å². The number of hydrogen-bond acceptors (Lipinski definition) is 2. The van der Waals surface area contributed by atoms with Gasteiger partial charge in [-0.15, -0.1) is 0 Å². The average molecular weight is 214 g/mol. The molecule has 0 N–H and O–H groups in total. The van der Waals surface area contributed by atoms with Crippen LogP contribution in [0.1, 0.15) is 24.0 Å². The average Bonchev–Trinajstić information content (AvgIpc) is 2.79. The van der Waals surface area contributed by atoms with E-state index in [0.717, 1.165) is 19.5 Å². The van der Waals surface area contributed by atoms with Gasteiger partial charge in [-0.3, -0.25) is 4.90 Å². The van der Waals surface area contributed by atoms with E-state index in [9.17, 15) is 5.26 Å². The van der Waals surface area contributed by atoms with Gasteiger partial charge in [0.1, 0.15) is 6.04 Å². The molecule has 1 heterocycles. The van der Waals surface area contributed by atoms with Gasteiger partial charge in [-0.1, -0.05) is 29.8 Å². The third-order valence-electron chi connectivity index (χ3n) is 3.24. The topological polar surface area (TPSA) is 27.0 Å². The first-order valence-corrected chi connectivity index (χ1v) is 5.99. The second-order valence-corrected chi connectivity index (χ2v) is 4.58. The maximum Gasteiger partial charge on any atom is 0.102 e. The summed E-state index contributed by atoms with van der Waals surface area (Å²) in [6, 6.07) is 11.0. The Morgan fingerprint density at radius 1 is 1.38 bits per heavy atom. The van der Waals surface area contributed by atoms with Crippen molar-refractivity contribution in [2.45, 2.75) is 32.2 Å². The third kappa shape index (κ3) is 2.62. The summed E-state index contributed by atoms with van der Waals surface area (Å²) in [5, 5.41) is 9.23. The molecule has 1 aliphatic rings. The molecule has 0 aliphatic carbocycles. The predicted molar refractivity (Wildman–Crippen MR) is 65.1 cm³/mol. The highest BCUT2D eigenvalue weighted by Crippen LogP contribution is 2.15. The summed E-state index contributed by atoms with van der Waals surface area (Å²) in [6.45, 7) is 4.27. The van der Waals surface area contributed by atoms with Gasteiger partial charge in [0.25, 0.3) is 0 Å². The molecule has 1 fully saturated rings. The van der Waals surface area contributed by atoms with Crippen molar-refractivity contribution in [1.82, 2.24) is 4.90 Å². The fourth-order valence-corrected chi connectivity index (χ4v) is 2.37. The number of hydrogen-bond donors (Lipinski definition) is 0. The quantitative estimate of drug-likeness (QED) is 0.773. The molecular formula is C14H18N2. The molecule has 16 heavy (non-hydrogen) atoms. The van der Waals surface area contributed by atoms with Gasteiger partial charge in [0.2, 0.25) is 0 Å². The van der Waals surface area contributed by atoms with Crippen LogP contribution in [0.5, 0.6) is 0 Å². The number of likely N-dealkylation sites (tertiary alicyclic amines) is 1. The number of benzene rings is 1. The zero-order valence-electron chi connectivity index (χ0n) is 9.82. The van der Waals surface area contributed by atoms with Gasteiger partial charge < -0.3 is 0 Å². The Balaban J connectivity index is 2.04. The lowest BCUT2D eigenvalue weighted by molar-refractivity contribution is 0.288. The molecule has 0 radical (unpaired) electrons. The van der Waals surface area contributed by atoms with Crippen molar-refractivity contribution in [1.29, 1.82) is 5.26 Å². The third-order valence-corrected chi connectivity index (χ3v) is 3.24. The van der Waals surface area contributed by atoms with Crippen LogP contribution in [-0.4, -0.2) is 24.0 Å². The first-order chi connectivity index (χ1) is 7.79. The fourth-order valence-electron chi connectivity index (χ4n) is 2.37. The second-order valence-electron chi connectivity index (χ2n) is 4.58. The van der Waals surface area contributed by atoms with Gasteiger partial charge in [0.15, 0.2) is 0 Å². The number of nitrogens with zero attached hydrogens (tertiary/aromatic N) is 2. The number of rotatable bonds is 3. The molecule has 0 aromatic heterocycles. The minimum atomic E-state index is 0.0595. The molecule has 1 saturated heterocycles. The van der Waals surface area contributed by atoms with Crippen LogP contribution in [0, 0.1) is 18.3 Å². The number of aryl methyl sites for hydroxylation is 1. The summed E-state index contributed by atoms with van der Waals surface area (Å²) in [7, 11) is 0. The zero-order valence-corrected chi connectivity index (χ0v) is 9.82. The summed E-state index contributed by atoms with van der Waals surface area (Å²) >= 11 is 0. The molecule has 84 valence electrons. The first-order valence-electron chi connectivity index (χ1n) is 5.99. The van der Waals surface area contributed by atoms with Gasteiger partial charge in [-0.2, -0.15) is 5.26 Å². The largest absolute Gasteiger partial charge is 0.288 e. The highest BCUT2D eigenvalue weighted by atomic mass is 15.2. The normalized spacial score (nSPS) is 18.2. The van der Waals surface area contributed by atoms with E-state index in [1.54, 1.807) is 0 Å². The molecular weight excluding hydrogens is 196 g/mol. The molecule has 1 aromatic carbocycles. The van der Waals surface area contributed by atoms with Crippen LogP contribution < -0.4 is 0 Å². The Kier molecular flexibility index (Phi) is 3.58. The fraction of sp³-hybridized carbons (Fsp3) is 0.500. The van der Waals surface area contributed by atoms with Crippen molar-refractivity contribution in [2.75, 3.05) is 13.1 Å². The van der Waals surface area contributed by atoms with Crippen LogP contribution in [0.15, 0.2) is 24.3 Å². The van der Waals surface area contributed by atoms with Crippen LogP contribution >= 0.6 is 0 Å². The van der Waals surface area contributed by atoms with E-state index in [-0.39, 0.29) is 6.04 Å². The summed E-state index contributed by atoms with van der Waals surface area (Å²) < 4.78 is 0. The van der Waals surface area contributed by atoms with Crippen LogP contribution in [0.2, 0.25) is 0 Å². The van der Waals surface area contributed by atoms with E-state index in [4.69, 9.17) is 0 Å². The van der Waals surface area contributed by atoms with Gasteiger partial charge in [-0.25, -0.2) is 0 Å². The van der Waals surface area contributed by atoms with Gasteiger partial charge >= 0.3 is 0 Å². The molecule has 0 spiro atoms. The Labute approximate surface area is 97.5 Å². The maximum atomic E-state index is 9.23. The molecule has 2 nitrogen and oxygen atoms in total. The van der Waals surface area contributed by atoms with Crippen LogP contribution in [0.3, 0.4) is 0 Å². The Morgan fingerprint density at radius 3 is 2.75 bits per heavy atom. The van der Waals surface area contributed by atoms with Crippen LogP contribution in [-0.2, 0) is 6.42 Å². The zero-order chi connectivity index (χ0) is 11.4. The van der Waals surface area contributed by atoms with Crippen molar-refractivity contribution in [3.05, 3.63) is 35.4 Å². The standard InChI is InChI=1S/C14H18N2/c1-12-5-4-6-13(9-12)10-14(11-15)16-7-2-3-8-16/h4-6,9,14H,2-3,7-8,10H2,1H3. The van der Waals surface area contributed by atoms with E-state index in [1.807, 2.05) is 0 Å². The Morgan fingerprint density at radius 2 is 2.12 bits per heavy atom. The Hall–Kier alpha value is -1.33. The summed E-state index contributed by atoms with van der Waals surface area (Å²) in [5.41, 5.74) is 2.55. The summed E-state index contributed by atoms with van der Waals surface area (Å²) in [6.07, 6.45) is 3.34. The van der Waals surface area contributed by atoms with Crippen LogP contribution in [0.4, 0.5) is 0 Å². The predicted octanol–water partition coefficient (Wildman–Crippen LogP) is 2.53. The van der Waals surface area contributed by atoms with Crippen molar-refractivity contribution in [3.8, 4) is 6.07 Å². The van der Waals surface area contributed by atoms with Gasteiger partial charge in [-0.05, 0) is 38.4 Å². The molecule has 1 unspecified atom stereocenters. The van der Waals surface area contributed by atoms with Crippen LogP contribution in [0.25, 0.3) is 0 Å². The smallest absolute Gasteiger partial charge is 0.102 e. The summed E-state index contributed by atoms with van der Waals surface area (Å²) in [4.78, 5) is 2.31. The van der Waals surface area contributed by atoms with E-state index in [1.165, 1.54) is 24.0 Å². The lowest BCUT2D eigenvalue weighted by Crippen LogP contribution is -2.33. The molecule has 2 rings (SSSR count). The molecule has 0 saturated carbocycles. The highest BCUT2D eigenvalue weighted by molar-refractivity contribution is 5.24. The number of nitriles is 1. The molecule has 1 atom stereocenters. The van der Waals surface area contributed by atoms with Crippen molar-refractivity contribution in [2.24, 2.45) is 0 Å². The highest BCUT2D eigenvalue weighted by Gasteiger charge is 2.21. The van der Waals surface area contributed by atoms with E-state index in [0.29, 0.717) is 0 Å². The van der Waals surface area contributed by atoms with Gasteiger partial charge in [0, 0.05) is 6.42 Å². The van der Waals surface area contributed by atoms with Crippen molar-refractivity contribution >= 4 is 0 Å². The summed E-state index contributed by atoms with van der Waals surface area (Å²) in [5.74, 6) is 0. The minimum Gasteiger partial charge on any atom is -0.288 e. The molecule has 1 aliphatic heterocycles. The van der Waals surface area contributed by atoms with Crippen molar-refractivity contribution < 1.29 is 0 Å². The SMILES string of the molecule is Cc1cccc(CC(C#N)N2CCCC2)c1. The second kappa shape index (κ2) is 5.14. The van der Waals surface area contributed by atoms with E-state index < -0.39 is 0 Å². The molecule has 0 amide bonds. The Bertz CT molecular complexity index is 386. The monoisotopic (exact) mass is 214 g/mol. The lowest BCUT2D eigenvalue weighted by atomic mass is 10.0. The molecule has 1 aromatic rings. The molecule has 0 bridgehead atoms.